The molecule has 1 aliphatic rings. The fourth-order valence-electron chi connectivity index (χ4n) is 1.93. The van der Waals surface area contributed by atoms with Crippen LogP contribution in [0.4, 0.5) is 4.79 Å². The summed E-state index contributed by atoms with van der Waals surface area (Å²) in [6.07, 6.45) is 0. The molecule has 0 fully saturated rings. The molecule has 2 heterocycles. The second-order valence-corrected chi connectivity index (χ2v) is 5.51. The Bertz CT molecular complexity index is 547. The van der Waals surface area contributed by atoms with Crippen molar-refractivity contribution in [3.05, 3.63) is 33.2 Å². The van der Waals surface area contributed by atoms with Gasteiger partial charge in [0, 0.05) is 22.5 Å². The Kier molecular flexibility index (Phi) is 3.13. The van der Waals surface area contributed by atoms with E-state index >= 15 is 0 Å². The molecule has 0 saturated carbocycles. The normalized spacial score (nSPS) is 20.1. The molecule has 0 aliphatic carbocycles. The quantitative estimate of drug-likeness (QED) is 0.861. The summed E-state index contributed by atoms with van der Waals surface area (Å²) in [6, 6.07) is 2.92. The minimum atomic E-state index is -1.00. The lowest BCUT2D eigenvalue weighted by Gasteiger charge is -2.31. The van der Waals surface area contributed by atoms with Crippen molar-refractivity contribution < 1.29 is 14.7 Å². The second-order valence-electron chi connectivity index (χ2n) is 4.19. The molecule has 2 rings (SSSR count). The van der Waals surface area contributed by atoms with E-state index in [-0.39, 0.29) is 11.6 Å². The van der Waals surface area contributed by atoms with Gasteiger partial charge >= 0.3 is 12.0 Å². The summed E-state index contributed by atoms with van der Waals surface area (Å²) in [5.74, 6) is -1.00. The van der Waals surface area contributed by atoms with Gasteiger partial charge in [0.1, 0.15) is 0 Å². The first-order chi connectivity index (χ1) is 8.41. The predicted molar refractivity (Wildman–Crippen MR) is 68.4 cm³/mol. The zero-order chi connectivity index (χ0) is 13.4. The van der Waals surface area contributed by atoms with Crippen molar-refractivity contribution in [1.82, 2.24) is 10.2 Å². The van der Waals surface area contributed by atoms with Gasteiger partial charge in [-0.2, -0.15) is 0 Å². The number of hydrogen-bond donors (Lipinski definition) is 2. The van der Waals surface area contributed by atoms with Crippen LogP contribution in [0, 0.1) is 6.92 Å². The van der Waals surface area contributed by atoms with E-state index in [0.29, 0.717) is 5.70 Å². The molecule has 1 aliphatic heterocycles. The molecule has 0 bridgehead atoms. The molecular formula is C12H14N2O3S. The average Bonchev–Trinajstić information content (AvgIpc) is 2.71. The Morgan fingerprint density at radius 2 is 2.11 bits per heavy atom. The molecule has 96 valence electrons. The number of nitrogens with one attached hydrogen (secondary N) is 1. The summed E-state index contributed by atoms with van der Waals surface area (Å²) >= 11 is 1.49. The van der Waals surface area contributed by atoms with Gasteiger partial charge in [-0.3, -0.25) is 0 Å². The first-order valence-corrected chi connectivity index (χ1v) is 6.28. The van der Waals surface area contributed by atoms with Crippen LogP contribution in [0.3, 0.4) is 0 Å². The number of hydrogen-bond acceptors (Lipinski definition) is 3. The summed E-state index contributed by atoms with van der Waals surface area (Å²) in [5.41, 5.74) is 0.696. The van der Waals surface area contributed by atoms with Gasteiger partial charge in [0.05, 0.1) is 11.6 Å². The monoisotopic (exact) mass is 266 g/mol. The SMILES string of the molecule is CC1=C(C(=O)O)C(c2ccc(C)s2)NC(=O)N1C. The van der Waals surface area contributed by atoms with Crippen LogP contribution in [0.1, 0.15) is 22.7 Å². The fraction of sp³-hybridized carbons (Fsp3) is 0.333. The van der Waals surface area contributed by atoms with E-state index in [0.717, 1.165) is 9.75 Å². The Balaban J connectivity index is 2.52. The van der Waals surface area contributed by atoms with Gasteiger partial charge in [-0.05, 0) is 26.0 Å². The maximum Gasteiger partial charge on any atom is 0.335 e. The summed E-state index contributed by atoms with van der Waals surface area (Å²) in [5, 5.41) is 12.0. The zero-order valence-corrected chi connectivity index (χ0v) is 11.2. The number of rotatable bonds is 2. The lowest BCUT2D eigenvalue weighted by molar-refractivity contribution is -0.133. The highest BCUT2D eigenvalue weighted by Gasteiger charge is 2.34. The average molecular weight is 266 g/mol. The lowest BCUT2D eigenvalue weighted by Crippen LogP contribution is -2.45. The van der Waals surface area contributed by atoms with Crippen molar-refractivity contribution in [3.63, 3.8) is 0 Å². The van der Waals surface area contributed by atoms with E-state index in [4.69, 9.17) is 0 Å². The Hall–Kier alpha value is -1.82. The summed E-state index contributed by atoms with van der Waals surface area (Å²) in [7, 11) is 1.56. The van der Waals surface area contributed by atoms with Gasteiger partial charge in [-0.15, -0.1) is 11.3 Å². The van der Waals surface area contributed by atoms with Crippen LogP contribution in [-0.4, -0.2) is 29.1 Å². The molecule has 1 unspecified atom stereocenters. The van der Waals surface area contributed by atoms with Gasteiger partial charge < -0.3 is 15.3 Å². The summed E-state index contributed by atoms with van der Waals surface area (Å²) in [4.78, 5) is 26.4. The van der Waals surface area contributed by atoms with Crippen LogP contribution >= 0.6 is 11.3 Å². The Morgan fingerprint density at radius 1 is 1.44 bits per heavy atom. The van der Waals surface area contributed by atoms with Gasteiger partial charge in [-0.25, -0.2) is 9.59 Å². The molecule has 0 radical (unpaired) electrons. The smallest absolute Gasteiger partial charge is 0.335 e. The van der Waals surface area contributed by atoms with Crippen molar-refractivity contribution >= 4 is 23.3 Å². The number of aliphatic carboxylic acids is 1. The number of carbonyl (C=O) groups excluding carboxylic acids is 1. The van der Waals surface area contributed by atoms with Gasteiger partial charge in [0.15, 0.2) is 0 Å². The third kappa shape index (κ3) is 1.99. The highest BCUT2D eigenvalue weighted by molar-refractivity contribution is 7.12. The van der Waals surface area contributed by atoms with Crippen LogP contribution in [0.15, 0.2) is 23.4 Å². The van der Waals surface area contributed by atoms with E-state index in [2.05, 4.69) is 5.32 Å². The molecule has 0 saturated heterocycles. The van der Waals surface area contributed by atoms with Crippen molar-refractivity contribution in [2.75, 3.05) is 7.05 Å². The van der Waals surface area contributed by atoms with E-state index in [9.17, 15) is 14.7 Å². The number of aryl methyl sites for hydroxylation is 1. The first-order valence-electron chi connectivity index (χ1n) is 5.46. The molecule has 6 heteroatoms. The summed E-state index contributed by atoms with van der Waals surface area (Å²) in [6.45, 7) is 3.59. The molecule has 0 spiro atoms. The van der Waals surface area contributed by atoms with Crippen LogP contribution in [0.2, 0.25) is 0 Å². The van der Waals surface area contributed by atoms with Crippen LogP contribution in [0.25, 0.3) is 0 Å². The maximum absolute atomic E-state index is 11.8. The molecule has 1 aromatic heterocycles. The number of nitrogens with zero attached hydrogens (tertiary/aromatic N) is 1. The number of amides is 2. The molecule has 18 heavy (non-hydrogen) atoms. The first kappa shape index (κ1) is 12.6. The zero-order valence-electron chi connectivity index (χ0n) is 10.4. The lowest BCUT2D eigenvalue weighted by atomic mass is 10.0. The Labute approximate surface area is 109 Å². The number of carboxylic acids is 1. The van der Waals surface area contributed by atoms with Crippen molar-refractivity contribution in [3.8, 4) is 0 Å². The van der Waals surface area contributed by atoms with Crippen molar-refractivity contribution in [1.29, 1.82) is 0 Å². The highest BCUT2D eigenvalue weighted by atomic mass is 32.1. The van der Waals surface area contributed by atoms with E-state index in [1.807, 2.05) is 19.1 Å². The van der Waals surface area contributed by atoms with Crippen LogP contribution in [-0.2, 0) is 4.79 Å². The van der Waals surface area contributed by atoms with E-state index in [1.54, 1.807) is 14.0 Å². The standard InChI is InChI=1S/C12H14N2O3S/c1-6-4-5-8(18-6)10-9(11(15)16)7(2)14(3)12(17)13-10/h4-5,10H,1-3H3,(H,13,17)(H,15,16). The van der Waals surface area contributed by atoms with Crippen molar-refractivity contribution in [2.24, 2.45) is 0 Å². The Morgan fingerprint density at radius 3 is 2.61 bits per heavy atom. The number of carboxylic acid groups (broad SMARTS) is 1. The largest absolute Gasteiger partial charge is 0.478 e. The maximum atomic E-state index is 11.8. The van der Waals surface area contributed by atoms with Crippen LogP contribution < -0.4 is 5.32 Å². The number of urea groups is 1. The third-order valence-corrected chi connectivity index (χ3v) is 4.10. The highest BCUT2D eigenvalue weighted by Crippen LogP contribution is 2.33. The molecule has 0 aromatic carbocycles. The number of allylic oxidation sites excluding steroid dienone is 1. The topological polar surface area (TPSA) is 69.6 Å². The third-order valence-electron chi connectivity index (χ3n) is 3.03. The van der Waals surface area contributed by atoms with Crippen molar-refractivity contribution in [2.45, 2.75) is 19.9 Å². The van der Waals surface area contributed by atoms with Gasteiger partial charge in [0.2, 0.25) is 0 Å². The molecule has 2 N–H and O–H groups in total. The summed E-state index contributed by atoms with van der Waals surface area (Å²) < 4.78 is 0. The van der Waals surface area contributed by atoms with E-state index in [1.165, 1.54) is 16.2 Å². The minimum absolute atomic E-state index is 0.221. The molecular weight excluding hydrogens is 252 g/mol. The molecule has 1 aromatic rings. The molecule has 2 amide bonds. The predicted octanol–water partition coefficient (Wildman–Crippen LogP) is 2.11. The molecule has 1 atom stereocenters. The van der Waals surface area contributed by atoms with Gasteiger partial charge in [0.25, 0.3) is 0 Å². The fourth-order valence-corrected chi connectivity index (χ4v) is 2.87. The molecule has 5 nitrogen and oxygen atoms in total. The van der Waals surface area contributed by atoms with E-state index < -0.39 is 12.0 Å². The minimum Gasteiger partial charge on any atom is -0.478 e. The van der Waals surface area contributed by atoms with Gasteiger partial charge in [-0.1, -0.05) is 0 Å². The van der Waals surface area contributed by atoms with Crippen LogP contribution in [0.5, 0.6) is 0 Å². The number of carbonyl (C=O) groups is 2. The second kappa shape index (κ2) is 4.45. The number of thiophene rings is 1.